The number of aromatic nitrogens is 15. The lowest BCUT2D eigenvalue weighted by Crippen LogP contribution is -1.84. The molecule has 0 unspecified atom stereocenters. The summed E-state index contributed by atoms with van der Waals surface area (Å²) < 4.78 is 0. The molecule has 632 valence electrons. The smallest absolute Gasteiger partial charge is 0.128 e. The van der Waals surface area contributed by atoms with Crippen LogP contribution in [-0.4, -0.2) is 74.8 Å². The Hall–Kier alpha value is -15.4. The van der Waals surface area contributed by atoms with E-state index in [0.29, 0.717) is 0 Å². The normalized spacial score (nSPS) is 9.24. The second kappa shape index (κ2) is 63.6. The summed E-state index contributed by atoms with van der Waals surface area (Å²) >= 11 is 0. The molecule has 0 aliphatic carbocycles. The maximum Gasteiger partial charge on any atom is 0.128 e. The molecule has 19 aromatic rings. The molecule has 15 heteroatoms. The summed E-state index contributed by atoms with van der Waals surface area (Å²) in [4.78, 5) is 57.4. The molecule has 19 rings (SSSR count). The van der Waals surface area contributed by atoms with Crippen LogP contribution < -0.4 is 0 Å². The number of hydrogen-bond acceptors (Lipinski definition) is 15. The van der Waals surface area contributed by atoms with E-state index in [1.54, 1.807) is 86.6 Å². The number of hydrogen-bond donors (Lipinski definition) is 0. The van der Waals surface area contributed by atoms with E-state index in [-0.39, 0.29) is 0 Å². The van der Waals surface area contributed by atoms with Gasteiger partial charge in [-0.25, -0.2) is 44.9 Å². The number of nitrogens with zero attached hydrogens (tertiary/aromatic N) is 15. The van der Waals surface area contributed by atoms with Crippen molar-refractivity contribution in [3.05, 3.63) is 524 Å². The molecule has 9 aromatic carbocycles. The first-order valence-corrected chi connectivity index (χ1v) is 40.9. The van der Waals surface area contributed by atoms with Gasteiger partial charge in [-0.2, -0.15) is 0 Å². The minimum Gasteiger partial charge on any atom is -0.265 e. The van der Waals surface area contributed by atoms with E-state index >= 15 is 0 Å². The molecule has 0 N–H and O–H groups in total. The highest BCUT2D eigenvalue weighted by Crippen LogP contribution is 2.31. The summed E-state index contributed by atoms with van der Waals surface area (Å²) in [6.45, 7) is 30.2. The molecule has 0 aliphatic rings. The van der Waals surface area contributed by atoms with Gasteiger partial charge in [0.15, 0.2) is 0 Å². The SMILES string of the molecule is Cc1cc(-c2ccccc2)c2ccccc2c1.Cc1ccc2c(-c3ccccc3)cccc2c1.Cc1ccccc1.Cc1ccccc1.Cc1ccccc1.Cc1ccccn1.Cc1ccccn1.Cc1cccnc1.Cc1cccnc1.Cc1ccncc1.Cc1ccncc1.Cc1ccncn1.Cc1cncnc1.Cc1ncccn1.Cc1ncncn1. The van der Waals surface area contributed by atoms with E-state index in [0.717, 1.165) is 34.3 Å². The average Bonchev–Trinajstić information content (AvgIpc) is 0.804. The predicted octanol–water partition coefficient (Wildman–Crippen LogP) is 26.5. The highest BCUT2D eigenvalue weighted by molar-refractivity contribution is 5.98. The Labute approximate surface area is 742 Å². The highest BCUT2D eigenvalue weighted by Gasteiger charge is 2.05. The van der Waals surface area contributed by atoms with Crippen LogP contribution in [0.5, 0.6) is 0 Å². The van der Waals surface area contributed by atoms with Gasteiger partial charge < -0.3 is 0 Å². The van der Waals surface area contributed by atoms with Crippen LogP contribution in [0.15, 0.2) is 440 Å². The fourth-order valence-electron chi connectivity index (χ4n) is 10.2. The Morgan fingerprint density at radius 1 is 0.160 bits per heavy atom. The van der Waals surface area contributed by atoms with Crippen LogP contribution >= 0.6 is 0 Å². The van der Waals surface area contributed by atoms with E-state index in [1.165, 1.54) is 119 Å². The zero-order valence-corrected chi connectivity index (χ0v) is 74.8. The molecule has 0 saturated carbocycles. The summed E-state index contributed by atoms with van der Waals surface area (Å²) in [7, 11) is 0. The quantitative estimate of drug-likeness (QED) is 0.158. The zero-order chi connectivity index (χ0) is 89.8. The van der Waals surface area contributed by atoms with Crippen molar-refractivity contribution in [3.63, 3.8) is 0 Å². The van der Waals surface area contributed by atoms with Gasteiger partial charge in [0.1, 0.15) is 37.0 Å². The molecule has 15 nitrogen and oxygen atoms in total. The van der Waals surface area contributed by atoms with Crippen LogP contribution in [0.4, 0.5) is 0 Å². The van der Waals surface area contributed by atoms with E-state index in [1.807, 2.05) is 227 Å². The van der Waals surface area contributed by atoms with Crippen LogP contribution in [0.2, 0.25) is 0 Å². The molecule has 0 aliphatic heterocycles. The van der Waals surface area contributed by atoms with E-state index in [4.69, 9.17) is 0 Å². The number of pyridine rings is 6. The van der Waals surface area contributed by atoms with Gasteiger partial charge in [-0.15, -0.1) is 0 Å². The third-order valence-corrected chi connectivity index (χ3v) is 16.7. The standard InChI is InChI=1S/2C17H14.3C7H8.6C6H7N.3C5H6N2.C4H5N3/c1-13-11-15-9-5-6-10-16(15)17(12-13)14-7-3-2-4-8-14;1-13-10-11-17-15(12-13)8-5-9-16(17)14-6-3-2-4-7-14;3*1-7-5-3-2-4-6-7;2*1-6-2-4-7-5-3-6;2*1-6-3-2-4-7-5-6;2*1-6-4-2-3-5-7-6;1-5-2-6-4-7-3-5;1-5-2-3-6-4-7-5;1-5-6-3-2-4-7-5;1-4-6-2-5-3-7-4/h2*2-12H,1H3;3*2-6H,1H3;6*2-5H,1H3;3*2-4H,1H3;2-3H,1H3. The molecular formula is C110H117N15. The van der Waals surface area contributed by atoms with Gasteiger partial charge in [0.25, 0.3) is 0 Å². The lowest BCUT2D eigenvalue weighted by atomic mass is 9.96. The maximum absolute atomic E-state index is 3.98. The summed E-state index contributed by atoms with van der Waals surface area (Å²) in [6.07, 6.45) is 32.7. The Bertz CT molecular complexity index is 4850. The van der Waals surface area contributed by atoms with Gasteiger partial charge in [-0.1, -0.05) is 271 Å². The van der Waals surface area contributed by atoms with E-state index in [2.05, 4.69) is 279 Å². The van der Waals surface area contributed by atoms with E-state index < -0.39 is 0 Å². The number of fused-ring (bicyclic) bond motifs is 2. The van der Waals surface area contributed by atoms with Crippen molar-refractivity contribution in [2.75, 3.05) is 0 Å². The van der Waals surface area contributed by atoms with Crippen molar-refractivity contribution in [3.8, 4) is 22.3 Å². The second-order valence-electron chi connectivity index (χ2n) is 28.1. The van der Waals surface area contributed by atoms with Gasteiger partial charge in [0.05, 0.1) is 0 Å². The fourth-order valence-corrected chi connectivity index (χ4v) is 10.2. The molecular weight excluding hydrogens is 1530 g/mol. The molecule has 10 aromatic heterocycles. The Balaban J connectivity index is 0.000000241. The first kappa shape index (κ1) is 100. The molecule has 0 spiro atoms. The first-order chi connectivity index (χ1) is 60.8. The molecule has 10 heterocycles. The van der Waals surface area contributed by atoms with Crippen LogP contribution in [-0.2, 0) is 0 Å². The van der Waals surface area contributed by atoms with Crippen molar-refractivity contribution in [2.45, 2.75) is 104 Å². The molecule has 0 radical (unpaired) electrons. The van der Waals surface area contributed by atoms with Crippen molar-refractivity contribution < 1.29 is 0 Å². The topological polar surface area (TPSA) is 193 Å². The second-order valence-corrected chi connectivity index (χ2v) is 28.1. The summed E-state index contributed by atoms with van der Waals surface area (Å²) in [5.41, 5.74) is 21.0. The lowest BCUT2D eigenvalue weighted by Gasteiger charge is -2.08. The first-order valence-electron chi connectivity index (χ1n) is 40.9. The lowest BCUT2D eigenvalue weighted by molar-refractivity contribution is 0.974. The van der Waals surface area contributed by atoms with Crippen molar-refractivity contribution in [1.29, 1.82) is 0 Å². The molecule has 125 heavy (non-hydrogen) atoms. The molecule has 0 fully saturated rings. The van der Waals surface area contributed by atoms with Crippen LogP contribution in [0, 0.1) is 104 Å². The highest BCUT2D eigenvalue weighted by atomic mass is 15.0. The third-order valence-electron chi connectivity index (χ3n) is 16.7. The largest absolute Gasteiger partial charge is 0.265 e. The molecule has 0 bridgehead atoms. The van der Waals surface area contributed by atoms with Gasteiger partial charge in [-0.3, -0.25) is 29.9 Å². The summed E-state index contributed by atoms with van der Waals surface area (Å²) in [6, 6.07) is 109. The number of aryl methyl sites for hydroxylation is 15. The van der Waals surface area contributed by atoms with Gasteiger partial charge in [0.2, 0.25) is 0 Å². The number of benzene rings is 9. The minimum atomic E-state index is 0.759. The average molecular weight is 1650 g/mol. The Kier molecular flexibility index (Phi) is 51.0. The van der Waals surface area contributed by atoms with Crippen LogP contribution in [0.1, 0.15) is 84.4 Å². The summed E-state index contributed by atoms with van der Waals surface area (Å²) in [5, 5.41) is 5.27. The zero-order valence-electron chi connectivity index (χ0n) is 74.8. The van der Waals surface area contributed by atoms with E-state index in [9.17, 15) is 0 Å². The maximum atomic E-state index is 3.98. The van der Waals surface area contributed by atoms with Gasteiger partial charge in [0, 0.05) is 110 Å². The van der Waals surface area contributed by atoms with Crippen LogP contribution in [0.3, 0.4) is 0 Å². The third kappa shape index (κ3) is 49.1. The van der Waals surface area contributed by atoms with Crippen LogP contribution in [0.25, 0.3) is 43.8 Å². The monoisotopic (exact) mass is 1650 g/mol. The van der Waals surface area contributed by atoms with Crippen molar-refractivity contribution >= 4 is 21.5 Å². The van der Waals surface area contributed by atoms with Gasteiger partial charge in [-0.05, 0) is 254 Å². The van der Waals surface area contributed by atoms with Gasteiger partial charge >= 0.3 is 0 Å². The summed E-state index contributed by atoms with van der Waals surface area (Å²) in [5.74, 6) is 1.58. The number of rotatable bonds is 2. The minimum absolute atomic E-state index is 0.759. The Morgan fingerprint density at radius 3 is 0.832 bits per heavy atom. The Morgan fingerprint density at radius 2 is 0.520 bits per heavy atom. The molecule has 0 atom stereocenters. The molecule has 0 amide bonds. The van der Waals surface area contributed by atoms with Crippen molar-refractivity contribution in [2.24, 2.45) is 0 Å². The van der Waals surface area contributed by atoms with Crippen molar-refractivity contribution in [1.82, 2.24) is 74.8 Å². The predicted molar refractivity (Wildman–Crippen MR) is 520 cm³/mol. The fraction of sp³-hybridized carbons (Fsp3) is 0.136. The molecule has 0 saturated heterocycles.